The topological polar surface area (TPSA) is 182 Å². The van der Waals surface area contributed by atoms with Gasteiger partial charge in [-0.05, 0) is 62.8 Å². The number of rotatable bonds is 16. The standard InChI is InChI=1S/C29H34N2O5.C9H18N2O2.C6H12.C2H4O2/c1-6-24(29(33)34)31-28(32)23(18(2)3)16-19(4)36-27-15-14-25(20-10-8-7-9-11-20)30-26-17-21(35-5)12-13-22(26)27;1-5-10-8(13)7(11-6-12)9(2,3)4;1-2-4-6-5-3-1;1-4-2-3/h7-13,15,17,19,23-24H,2,6,14,16H2,1,3-5H3,(H,31,32)(H,33,34);6-7H,5H2,1-4H3,(H,10,13)(H,11,12);1-6H2;2H,1H3/t19?,23?,24-;;;/m0.../s1. The maximum Gasteiger partial charge on any atom is 0.326 e. The van der Waals surface area contributed by atoms with Crippen LogP contribution in [0.1, 0.15) is 117 Å². The van der Waals surface area contributed by atoms with E-state index in [1.807, 2.05) is 89.2 Å². The van der Waals surface area contributed by atoms with Gasteiger partial charge in [-0.25, -0.2) is 4.79 Å². The first-order valence-electron chi connectivity index (χ1n) is 20.4. The van der Waals surface area contributed by atoms with Crippen LogP contribution in [0.2, 0.25) is 0 Å². The molecular formula is C46H68N4O9. The summed E-state index contributed by atoms with van der Waals surface area (Å²) in [5.41, 5.74) is 3.90. The Morgan fingerprint density at radius 3 is 2.00 bits per heavy atom. The Hall–Kier alpha value is -5.46. The molecule has 0 spiro atoms. The van der Waals surface area contributed by atoms with Crippen LogP contribution in [0.5, 0.6) is 5.75 Å². The normalized spacial score (nSPS) is 15.0. The summed E-state index contributed by atoms with van der Waals surface area (Å²) in [6.07, 6.45) is 12.4. The van der Waals surface area contributed by atoms with Gasteiger partial charge >= 0.3 is 5.97 Å². The van der Waals surface area contributed by atoms with Crippen LogP contribution in [0.3, 0.4) is 0 Å². The summed E-state index contributed by atoms with van der Waals surface area (Å²) in [4.78, 5) is 59.9. The summed E-state index contributed by atoms with van der Waals surface area (Å²) in [6.45, 7) is 17.9. The molecule has 0 saturated heterocycles. The minimum atomic E-state index is -1.06. The van der Waals surface area contributed by atoms with Crippen LogP contribution in [0.25, 0.3) is 5.76 Å². The lowest BCUT2D eigenvalue weighted by atomic mass is 9.86. The van der Waals surface area contributed by atoms with E-state index in [0.717, 1.165) is 22.5 Å². The van der Waals surface area contributed by atoms with E-state index < -0.39 is 24.0 Å². The molecular weight excluding hydrogens is 753 g/mol. The van der Waals surface area contributed by atoms with E-state index in [9.17, 15) is 24.3 Å². The molecule has 13 heteroatoms. The SMILES string of the molecule is C1CCCCC1.C=C(C)C(CC(C)OC1=CCC(c2ccccc2)=Nc2cc(OC)ccc21)C(=O)N[C@@H](CC)C(=O)O.CCNC(=O)C(NC=O)C(C)(C)C.COC=O. The molecule has 1 fully saturated rings. The summed E-state index contributed by atoms with van der Waals surface area (Å²) in [6, 6.07) is 14.2. The first-order valence-corrected chi connectivity index (χ1v) is 20.4. The number of fused-ring (bicyclic) bond motifs is 1. The second kappa shape index (κ2) is 28.0. The predicted molar refractivity (Wildman–Crippen MR) is 233 cm³/mol. The van der Waals surface area contributed by atoms with E-state index in [0.29, 0.717) is 55.8 Å². The van der Waals surface area contributed by atoms with Gasteiger partial charge in [0.05, 0.1) is 37.6 Å². The number of methoxy groups -OCH3 is 2. The van der Waals surface area contributed by atoms with Gasteiger partial charge in [0.1, 0.15) is 23.6 Å². The van der Waals surface area contributed by atoms with Gasteiger partial charge < -0.3 is 35.3 Å². The molecule has 3 unspecified atom stereocenters. The molecule has 0 aromatic heterocycles. The highest BCUT2D eigenvalue weighted by atomic mass is 16.5. The third-order valence-electron chi connectivity index (χ3n) is 9.45. The van der Waals surface area contributed by atoms with Crippen molar-refractivity contribution in [2.45, 2.75) is 124 Å². The number of nitrogens with one attached hydrogen (secondary N) is 3. The minimum Gasteiger partial charge on any atom is -0.497 e. The first-order chi connectivity index (χ1) is 28.1. The Balaban J connectivity index is 0.000000614. The van der Waals surface area contributed by atoms with Crippen LogP contribution in [-0.2, 0) is 33.4 Å². The number of ether oxygens (including phenoxy) is 3. The van der Waals surface area contributed by atoms with Gasteiger partial charge in [-0.1, -0.05) is 109 Å². The van der Waals surface area contributed by atoms with E-state index in [4.69, 9.17) is 19.3 Å². The Bertz CT molecular complexity index is 1670. The molecule has 13 nitrogen and oxygen atoms in total. The fraction of sp³-hybridized carbons (Fsp3) is 0.522. The lowest BCUT2D eigenvalue weighted by molar-refractivity contribution is -0.142. The number of aliphatic imine (C=N–C) groups is 1. The zero-order valence-corrected chi connectivity index (χ0v) is 36.6. The van der Waals surface area contributed by atoms with E-state index in [-0.39, 0.29) is 23.3 Å². The number of aliphatic carboxylic acids is 1. The van der Waals surface area contributed by atoms with Gasteiger partial charge in [0.25, 0.3) is 6.47 Å². The zero-order valence-electron chi connectivity index (χ0n) is 36.6. The predicted octanol–water partition coefficient (Wildman–Crippen LogP) is 7.94. The summed E-state index contributed by atoms with van der Waals surface area (Å²) < 4.78 is 15.7. The molecule has 3 amide bonds. The quantitative estimate of drug-likeness (QED) is 0.0966. The van der Waals surface area contributed by atoms with Crippen LogP contribution in [0, 0.1) is 11.3 Å². The number of likely N-dealkylation sites (N-methyl/N-ethyl adjacent to an activating group) is 1. The van der Waals surface area contributed by atoms with Crippen molar-refractivity contribution in [2.24, 2.45) is 16.3 Å². The molecule has 1 heterocycles. The number of carbonyl (C=O) groups excluding carboxylic acids is 4. The van der Waals surface area contributed by atoms with Crippen molar-refractivity contribution in [3.05, 3.63) is 77.9 Å². The van der Waals surface area contributed by atoms with Gasteiger partial charge in [0.15, 0.2) is 0 Å². The van der Waals surface area contributed by atoms with E-state index in [2.05, 4.69) is 27.3 Å². The number of hydrogen-bond donors (Lipinski definition) is 4. The maximum absolute atomic E-state index is 12.9. The Kier molecular flexibility index (Phi) is 24.5. The average Bonchev–Trinajstić information content (AvgIpc) is 3.40. The van der Waals surface area contributed by atoms with E-state index in [1.165, 1.54) is 45.6 Å². The van der Waals surface area contributed by atoms with Crippen molar-refractivity contribution in [1.29, 1.82) is 0 Å². The molecule has 1 saturated carbocycles. The minimum absolute atomic E-state index is 0.137. The molecule has 4 N–H and O–H groups in total. The number of amides is 3. The molecule has 59 heavy (non-hydrogen) atoms. The number of nitrogens with zero attached hydrogens (tertiary/aromatic N) is 1. The molecule has 2 aliphatic rings. The van der Waals surface area contributed by atoms with Crippen LogP contribution in [0.4, 0.5) is 5.69 Å². The highest BCUT2D eigenvalue weighted by Crippen LogP contribution is 2.36. The van der Waals surface area contributed by atoms with Crippen molar-refractivity contribution in [2.75, 3.05) is 20.8 Å². The third kappa shape index (κ3) is 19.2. The second-order valence-corrected chi connectivity index (χ2v) is 15.4. The smallest absolute Gasteiger partial charge is 0.326 e. The maximum atomic E-state index is 12.9. The molecule has 0 bridgehead atoms. The fourth-order valence-electron chi connectivity index (χ4n) is 6.22. The number of hydrogen-bond acceptors (Lipinski definition) is 9. The largest absolute Gasteiger partial charge is 0.497 e. The molecule has 4 atom stereocenters. The van der Waals surface area contributed by atoms with Crippen molar-refractivity contribution < 1.29 is 43.3 Å². The summed E-state index contributed by atoms with van der Waals surface area (Å²) in [5.74, 6) is -0.759. The Morgan fingerprint density at radius 2 is 1.54 bits per heavy atom. The average molecular weight is 821 g/mol. The van der Waals surface area contributed by atoms with Crippen LogP contribution >= 0.6 is 0 Å². The van der Waals surface area contributed by atoms with Gasteiger partial charge in [-0.15, -0.1) is 0 Å². The molecule has 326 valence electrons. The lowest BCUT2D eigenvalue weighted by Gasteiger charge is -2.28. The highest BCUT2D eigenvalue weighted by Gasteiger charge is 2.30. The van der Waals surface area contributed by atoms with Crippen molar-refractivity contribution in [1.82, 2.24) is 16.0 Å². The van der Waals surface area contributed by atoms with Gasteiger partial charge in [0.2, 0.25) is 18.2 Å². The molecule has 1 aliphatic heterocycles. The van der Waals surface area contributed by atoms with Crippen molar-refractivity contribution >= 4 is 47.8 Å². The molecule has 0 radical (unpaired) electrons. The third-order valence-corrected chi connectivity index (χ3v) is 9.45. The molecule has 2 aromatic rings. The number of benzene rings is 2. The molecule has 2 aromatic carbocycles. The number of carboxylic acids is 1. The fourth-order valence-corrected chi connectivity index (χ4v) is 6.22. The Morgan fingerprint density at radius 1 is 0.949 bits per heavy atom. The summed E-state index contributed by atoms with van der Waals surface area (Å²) >= 11 is 0. The van der Waals surface area contributed by atoms with Crippen LogP contribution in [0.15, 0.2) is 71.8 Å². The first kappa shape index (κ1) is 51.6. The van der Waals surface area contributed by atoms with E-state index in [1.54, 1.807) is 21.0 Å². The highest BCUT2D eigenvalue weighted by molar-refractivity contribution is 6.05. The summed E-state index contributed by atoms with van der Waals surface area (Å²) in [7, 11) is 2.93. The van der Waals surface area contributed by atoms with Gasteiger partial charge in [-0.2, -0.15) is 0 Å². The monoisotopic (exact) mass is 820 g/mol. The van der Waals surface area contributed by atoms with E-state index >= 15 is 0 Å². The number of carbonyl (C=O) groups is 5. The van der Waals surface area contributed by atoms with Gasteiger partial charge in [0, 0.05) is 24.6 Å². The van der Waals surface area contributed by atoms with Crippen LogP contribution in [-0.4, -0.2) is 80.4 Å². The molecule has 4 rings (SSSR count). The number of carboxylic acid groups (broad SMARTS) is 1. The number of allylic oxidation sites excluding steroid dienone is 1. The zero-order chi connectivity index (χ0) is 44.4. The Labute approximate surface area is 351 Å². The van der Waals surface area contributed by atoms with Gasteiger partial charge in [-0.3, -0.25) is 24.2 Å². The lowest BCUT2D eigenvalue weighted by Crippen LogP contribution is -2.51. The molecule has 1 aliphatic carbocycles. The second-order valence-electron chi connectivity index (χ2n) is 15.4. The summed E-state index contributed by atoms with van der Waals surface area (Å²) in [5, 5.41) is 17.1. The van der Waals surface area contributed by atoms with Crippen LogP contribution < -0.4 is 20.7 Å². The van der Waals surface area contributed by atoms with Crippen molar-refractivity contribution in [3.63, 3.8) is 0 Å². The van der Waals surface area contributed by atoms with Crippen molar-refractivity contribution in [3.8, 4) is 5.75 Å².